The van der Waals surface area contributed by atoms with Crippen molar-refractivity contribution >= 4 is 27.5 Å². The maximum atomic E-state index is 13.0. The molecule has 0 aliphatic heterocycles. The normalized spacial score (nSPS) is 11.6. The Bertz CT molecular complexity index is 1230. The van der Waals surface area contributed by atoms with Crippen molar-refractivity contribution < 1.29 is 22.3 Å². The Morgan fingerprint density at radius 3 is 2.45 bits per heavy atom. The van der Waals surface area contributed by atoms with E-state index in [4.69, 9.17) is 16.3 Å². The first-order chi connectivity index (χ1) is 15.6. The fraction of sp³-hybridized carbons (Fsp3) is 0.217. The summed E-state index contributed by atoms with van der Waals surface area (Å²) in [6, 6.07) is 12.7. The number of aromatic nitrogens is 1. The summed E-state index contributed by atoms with van der Waals surface area (Å²) < 4.78 is 45.2. The zero-order chi connectivity index (χ0) is 24.2. The summed E-state index contributed by atoms with van der Waals surface area (Å²) >= 11 is 6.15. The highest BCUT2D eigenvalue weighted by Gasteiger charge is 2.25. The van der Waals surface area contributed by atoms with Gasteiger partial charge in [0.1, 0.15) is 11.6 Å². The summed E-state index contributed by atoms with van der Waals surface area (Å²) in [6.45, 7) is 3.65. The van der Waals surface area contributed by atoms with Gasteiger partial charge >= 0.3 is 0 Å². The predicted octanol–water partition coefficient (Wildman–Crippen LogP) is 4.63. The molecule has 1 heterocycles. The van der Waals surface area contributed by atoms with Crippen LogP contribution in [0.1, 0.15) is 29.8 Å². The molecule has 174 valence electrons. The lowest BCUT2D eigenvalue weighted by atomic mass is 10.2. The summed E-state index contributed by atoms with van der Waals surface area (Å²) in [5.74, 6) is -0.128. The molecule has 0 saturated carbocycles. The Hall–Kier alpha value is -3.01. The molecule has 0 atom stereocenters. The van der Waals surface area contributed by atoms with Crippen LogP contribution >= 0.6 is 11.6 Å². The maximum absolute atomic E-state index is 13.0. The molecule has 0 radical (unpaired) electrons. The van der Waals surface area contributed by atoms with Crippen LogP contribution in [0.5, 0.6) is 11.6 Å². The minimum absolute atomic E-state index is 0.0165. The summed E-state index contributed by atoms with van der Waals surface area (Å²) in [5.41, 5.74) is 0.744. The van der Waals surface area contributed by atoms with E-state index in [1.54, 1.807) is 26.0 Å². The van der Waals surface area contributed by atoms with Gasteiger partial charge in [-0.05, 0) is 61.9 Å². The molecule has 0 aliphatic carbocycles. The number of benzene rings is 2. The first-order valence-electron chi connectivity index (χ1n) is 10.0. The van der Waals surface area contributed by atoms with E-state index in [-0.39, 0.29) is 33.9 Å². The van der Waals surface area contributed by atoms with Crippen molar-refractivity contribution in [2.45, 2.75) is 31.3 Å². The number of ether oxygens (including phenoxy) is 1. The van der Waals surface area contributed by atoms with E-state index in [1.165, 1.54) is 60.0 Å². The van der Waals surface area contributed by atoms with Crippen LogP contribution in [-0.2, 0) is 16.6 Å². The molecule has 0 spiro atoms. The summed E-state index contributed by atoms with van der Waals surface area (Å²) in [4.78, 5) is 16.8. The molecule has 7 nitrogen and oxygen atoms in total. The average Bonchev–Trinajstić information content (AvgIpc) is 2.79. The monoisotopic (exact) mass is 491 g/mol. The second-order valence-electron chi connectivity index (χ2n) is 7.50. The third kappa shape index (κ3) is 6.07. The van der Waals surface area contributed by atoms with Crippen molar-refractivity contribution in [1.82, 2.24) is 14.6 Å². The van der Waals surface area contributed by atoms with Gasteiger partial charge < -0.3 is 10.1 Å². The lowest BCUT2D eigenvalue weighted by molar-refractivity contribution is 0.0951. The van der Waals surface area contributed by atoms with Gasteiger partial charge in [0.05, 0.1) is 15.5 Å². The Morgan fingerprint density at radius 1 is 1.15 bits per heavy atom. The van der Waals surface area contributed by atoms with Gasteiger partial charge in [-0.2, -0.15) is 4.31 Å². The Morgan fingerprint density at radius 2 is 1.85 bits per heavy atom. The van der Waals surface area contributed by atoms with E-state index in [0.29, 0.717) is 17.2 Å². The molecule has 0 unspecified atom stereocenters. The van der Waals surface area contributed by atoms with Gasteiger partial charge in [0.15, 0.2) is 0 Å². The van der Waals surface area contributed by atoms with E-state index < -0.39 is 15.9 Å². The van der Waals surface area contributed by atoms with Crippen LogP contribution in [0.2, 0.25) is 5.02 Å². The number of halogens is 2. The molecule has 3 rings (SSSR count). The number of nitrogens with zero attached hydrogens (tertiary/aromatic N) is 2. The first-order valence-corrected chi connectivity index (χ1v) is 11.8. The van der Waals surface area contributed by atoms with E-state index in [1.807, 2.05) is 0 Å². The van der Waals surface area contributed by atoms with Crippen molar-refractivity contribution in [2.75, 3.05) is 7.05 Å². The fourth-order valence-electron chi connectivity index (χ4n) is 2.76. The third-order valence-electron chi connectivity index (χ3n) is 4.87. The van der Waals surface area contributed by atoms with Crippen molar-refractivity contribution in [2.24, 2.45) is 0 Å². The molecule has 0 fully saturated rings. The van der Waals surface area contributed by atoms with E-state index >= 15 is 0 Å². The third-order valence-corrected chi connectivity index (χ3v) is 7.23. The Labute approximate surface area is 197 Å². The van der Waals surface area contributed by atoms with Gasteiger partial charge in [-0.25, -0.2) is 17.8 Å². The lowest BCUT2D eigenvalue weighted by Gasteiger charge is -2.21. The molecular weight excluding hydrogens is 469 g/mol. The molecule has 33 heavy (non-hydrogen) atoms. The molecule has 0 aliphatic rings. The van der Waals surface area contributed by atoms with Gasteiger partial charge in [0.25, 0.3) is 5.91 Å². The van der Waals surface area contributed by atoms with Gasteiger partial charge in [-0.15, -0.1) is 0 Å². The van der Waals surface area contributed by atoms with Crippen molar-refractivity contribution in [3.05, 3.63) is 82.8 Å². The SMILES string of the molecule is CC(C)N(C)S(=O)(=O)c1ccc(Cl)c(C(=O)NCc2ccc(Oc3ccc(F)cc3)nc2)c1. The van der Waals surface area contributed by atoms with Crippen molar-refractivity contribution in [3.8, 4) is 11.6 Å². The number of rotatable bonds is 8. The van der Waals surface area contributed by atoms with E-state index in [9.17, 15) is 17.6 Å². The van der Waals surface area contributed by atoms with Gasteiger partial charge in [-0.1, -0.05) is 17.7 Å². The Kier molecular flexibility index (Phi) is 7.68. The second-order valence-corrected chi connectivity index (χ2v) is 9.90. The standard InChI is InChI=1S/C23H23ClFN3O4S/c1-15(2)28(3)33(30,31)19-9-10-21(24)20(12-19)23(29)27-14-16-4-11-22(26-13-16)32-18-7-5-17(25)6-8-18/h4-13,15H,14H2,1-3H3,(H,27,29). The fourth-order valence-corrected chi connectivity index (χ4v) is 4.36. The number of sulfonamides is 1. The molecule has 0 bridgehead atoms. The van der Waals surface area contributed by atoms with Gasteiger partial charge in [0.2, 0.25) is 15.9 Å². The first kappa shape index (κ1) is 24.6. The van der Waals surface area contributed by atoms with E-state index in [0.717, 1.165) is 0 Å². The molecule has 10 heteroatoms. The highest BCUT2D eigenvalue weighted by atomic mass is 35.5. The molecular formula is C23H23ClFN3O4S. The van der Waals surface area contributed by atoms with Crippen LogP contribution in [0.4, 0.5) is 4.39 Å². The smallest absolute Gasteiger partial charge is 0.253 e. The number of amides is 1. The van der Waals surface area contributed by atoms with Crippen LogP contribution in [0, 0.1) is 5.82 Å². The number of carbonyl (C=O) groups is 1. The van der Waals surface area contributed by atoms with Crippen LogP contribution in [0.15, 0.2) is 65.7 Å². The average molecular weight is 492 g/mol. The largest absolute Gasteiger partial charge is 0.439 e. The van der Waals surface area contributed by atoms with Gasteiger partial charge in [-0.3, -0.25) is 4.79 Å². The van der Waals surface area contributed by atoms with Gasteiger partial charge in [0, 0.05) is 31.9 Å². The molecule has 1 aromatic heterocycles. The topological polar surface area (TPSA) is 88.6 Å². The second kappa shape index (κ2) is 10.3. The van der Waals surface area contributed by atoms with E-state index in [2.05, 4.69) is 10.3 Å². The summed E-state index contributed by atoms with van der Waals surface area (Å²) in [5, 5.41) is 2.85. The zero-order valence-electron chi connectivity index (χ0n) is 18.2. The number of carbonyl (C=O) groups excluding carboxylic acids is 1. The summed E-state index contributed by atoms with van der Waals surface area (Å²) in [6.07, 6.45) is 1.53. The Balaban J connectivity index is 1.67. The number of nitrogens with one attached hydrogen (secondary N) is 1. The van der Waals surface area contributed by atoms with Crippen LogP contribution < -0.4 is 10.1 Å². The molecule has 1 N–H and O–H groups in total. The minimum Gasteiger partial charge on any atom is -0.439 e. The zero-order valence-corrected chi connectivity index (χ0v) is 19.8. The highest BCUT2D eigenvalue weighted by molar-refractivity contribution is 7.89. The predicted molar refractivity (Wildman–Crippen MR) is 123 cm³/mol. The molecule has 2 aromatic carbocycles. The molecule has 3 aromatic rings. The van der Waals surface area contributed by atoms with Crippen molar-refractivity contribution in [3.63, 3.8) is 0 Å². The van der Waals surface area contributed by atoms with Crippen LogP contribution in [-0.4, -0.2) is 36.7 Å². The highest BCUT2D eigenvalue weighted by Crippen LogP contribution is 2.24. The maximum Gasteiger partial charge on any atom is 0.253 e. The molecule has 1 amide bonds. The number of hydrogen-bond donors (Lipinski definition) is 1. The lowest BCUT2D eigenvalue weighted by Crippen LogP contribution is -2.33. The number of hydrogen-bond acceptors (Lipinski definition) is 5. The quantitative estimate of drug-likeness (QED) is 0.496. The van der Waals surface area contributed by atoms with Crippen LogP contribution in [0.25, 0.3) is 0 Å². The summed E-state index contributed by atoms with van der Waals surface area (Å²) in [7, 11) is -2.28. The number of pyridine rings is 1. The van der Waals surface area contributed by atoms with Crippen molar-refractivity contribution in [1.29, 1.82) is 0 Å². The minimum atomic E-state index is -3.76. The molecule has 0 saturated heterocycles. The van der Waals surface area contributed by atoms with Crippen LogP contribution in [0.3, 0.4) is 0 Å².